The summed E-state index contributed by atoms with van der Waals surface area (Å²) in [5, 5.41) is 3.33. The second-order valence-corrected chi connectivity index (χ2v) is 5.10. The van der Waals surface area contributed by atoms with Gasteiger partial charge in [0.1, 0.15) is 0 Å². The van der Waals surface area contributed by atoms with Crippen LogP contribution in [-0.2, 0) is 16.0 Å². The average molecular weight is 261 g/mol. The molecule has 1 aromatic carbocycles. The van der Waals surface area contributed by atoms with E-state index < -0.39 is 0 Å². The predicted octanol–water partition coefficient (Wildman–Crippen LogP) is 3.00. The highest BCUT2D eigenvalue weighted by Crippen LogP contribution is 2.29. The fourth-order valence-electron chi connectivity index (χ4n) is 2.55. The van der Waals surface area contributed by atoms with E-state index in [0.717, 1.165) is 25.7 Å². The van der Waals surface area contributed by atoms with Gasteiger partial charge < -0.3 is 10.1 Å². The van der Waals surface area contributed by atoms with E-state index in [0.29, 0.717) is 19.2 Å². The summed E-state index contributed by atoms with van der Waals surface area (Å²) in [7, 11) is 0. The number of unbranched alkanes of at least 4 members (excludes halogenated alkanes) is 1. The van der Waals surface area contributed by atoms with Crippen LogP contribution in [-0.4, -0.2) is 19.1 Å². The summed E-state index contributed by atoms with van der Waals surface area (Å²) < 4.78 is 5.16. The van der Waals surface area contributed by atoms with Crippen molar-refractivity contribution in [1.29, 1.82) is 0 Å². The van der Waals surface area contributed by atoms with E-state index in [1.54, 1.807) is 0 Å². The summed E-state index contributed by atoms with van der Waals surface area (Å²) in [6, 6.07) is 8.79. The van der Waals surface area contributed by atoms with Gasteiger partial charge in [-0.1, -0.05) is 37.6 Å². The van der Waals surface area contributed by atoms with Crippen molar-refractivity contribution >= 4 is 5.97 Å². The molecule has 1 atom stereocenters. The first kappa shape index (κ1) is 14.1. The number of hydrogen-bond donors (Lipinski definition) is 1. The topological polar surface area (TPSA) is 38.3 Å². The van der Waals surface area contributed by atoms with E-state index in [4.69, 9.17) is 4.74 Å². The summed E-state index contributed by atoms with van der Waals surface area (Å²) in [6.07, 6.45) is 5.42. The van der Waals surface area contributed by atoms with Crippen LogP contribution >= 0.6 is 0 Å². The van der Waals surface area contributed by atoms with Crippen LogP contribution < -0.4 is 5.32 Å². The lowest BCUT2D eigenvalue weighted by Gasteiger charge is -2.26. The van der Waals surface area contributed by atoms with Crippen LogP contribution in [0, 0.1) is 0 Å². The number of benzene rings is 1. The molecule has 0 spiro atoms. The number of hydrogen-bond acceptors (Lipinski definition) is 3. The second-order valence-electron chi connectivity index (χ2n) is 5.10. The minimum Gasteiger partial charge on any atom is -0.465 e. The molecule has 1 aromatic rings. The average Bonchev–Trinajstić information content (AvgIpc) is 2.45. The summed E-state index contributed by atoms with van der Waals surface area (Å²) >= 11 is 0. The largest absolute Gasteiger partial charge is 0.465 e. The Morgan fingerprint density at radius 2 is 2.26 bits per heavy atom. The Balaban J connectivity index is 1.82. The smallest absolute Gasteiger partial charge is 0.319 e. The van der Waals surface area contributed by atoms with Crippen molar-refractivity contribution in [2.45, 2.75) is 45.1 Å². The number of rotatable bonds is 6. The first-order valence-electron chi connectivity index (χ1n) is 7.28. The van der Waals surface area contributed by atoms with Crippen molar-refractivity contribution < 1.29 is 9.53 Å². The summed E-state index contributed by atoms with van der Waals surface area (Å²) in [5.74, 6) is -0.142. The van der Waals surface area contributed by atoms with Crippen LogP contribution in [0.25, 0.3) is 0 Å². The summed E-state index contributed by atoms with van der Waals surface area (Å²) in [5.41, 5.74) is 2.75. The van der Waals surface area contributed by atoms with Crippen molar-refractivity contribution in [2.75, 3.05) is 13.2 Å². The predicted molar refractivity (Wildman–Crippen MR) is 76.0 cm³/mol. The third kappa shape index (κ3) is 4.06. The third-order valence-corrected chi connectivity index (χ3v) is 3.62. The Morgan fingerprint density at radius 1 is 1.42 bits per heavy atom. The monoisotopic (exact) mass is 261 g/mol. The number of nitrogens with one attached hydrogen (secondary N) is 1. The van der Waals surface area contributed by atoms with Crippen molar-refractivity contribution in [3.05, 3.63) is 35.4 Å². The molecule has 1 unspecified atom stereocenters. The van der Waals surface area contributed by atoms with E-state index >= 15 is 0 Å². The van der Waals surface area contributed by atoms with Crippen LogP contribution in [0.2, 0.25) is 0 Å². The summed E-state index contributed by atoms with van der Waals surface area (Å²) in [4.78, 5) is 11.6. The standard InChI is InChI=1S/C16H23NO2/c1-2-3-11-19-16(18)12-17-15-10-6-8-13-7-4-5-9-14(13)15/h4-5,7,9,15,17H,2-3,6,8,10-12H2,1H3. The molecular formula is C16H23NO2. The highest BCUT2D eigenvalue weighted by molar-refractivity contribution is 5.71. The first-order valence-corrected chi connectivity index (χ1v) is 7.28. The molecule has 0 heterocycles. The second kappa shape index (κ2) is 7.29. The number of esters is 1. The summed E-state index contributed by atoms with van der Waals surface area (Å²) in [6.45, 7) is 2.94. The van der Waals surface area contributed by atoms with Gasteiger partial charge in [-0.25, -0.2) is 0 Å². The zero-order chi connectivity index (χ0) is 13.5. The molecule has 0 aliphatic heterocycles. The maximum atomic E-state index is 11.6. The van der Waals surface area contributed by atoms with Crippen LogP contribution in [0.4, 0.5) is 0 Å². The maximum absolute atomic E-state index is 11.6. The molecule has 1 aliphatic rings. The molecule has 3 nitrogen and oxygen atoms in total. The maximum Gasteiger partial charge on any atom is 0.319 e. The van der Waals surface area contributed by atoms with Gasteiger partial charge in [-0.15, -0.1) is 0 Å². The molecule has 1 aliphatic carbocycles. The molecule has 0 fully saturated rings. The van der Waals surface area contributed by atoms with Gasteiger partial charge in [0, 0.05) is 6.04 Å². The Kier molecular flexibility index (Phi) is 5.40. The lowest BCUT2D eigenvalue weighted by atomic mass is 9.88. The molecule has 2 rings (SSSR count). The van der Waals surface area contributed by atoms with E-state index in [1.807, 2.05) is 0 Å². The van der Waals surface area contributed by atoms with E-state index in [9.17, 15) is 4.79 Å². The van der Waals surface area contributed by atoms with Gasteiger partial charge in [0.2, 0.25) is 0 Å². The zero-order valence-corrected chi connectivity index (χ0v) is 11.7. The van der Waals surface area contributed by atoms with E-state index in [1.165, 1.54) is 17.5 Å². The molecule has 0 aromatic heterocycles. The zero-order valence-electron chi connectivity index (χ0n) is 11.7. The molecule has 0 saturated carbocycles. The van der Waals surface area contributed by atoms with Gasteiger partial charge in [-0.3, -0.25) is 4.79 Å². The first-order chi connectivity index (χ1) is 9.31. The molecule has 19 heavy (non-hydrogen) atoms. The lowest BCUT2D eigenvalue weighted by Crippen LogP contribution is -2.31. The van der Waals surface area contributed by atoms with E-state index in [-0.39, 0.29) is 5.97 Å². The van der Waals surface area contributed by atoms with Crippen molar-refractivity contribution in [3.63, 3.8) is 0 Å². The normalized spacial score (nSPS) is 17.8. The third-order valence-electron chi connectivity index (χ3n) is 3.62. The van der Waals surface area contributed by atoms with Gasteiger partial charge in [0.15, 0.2) is 0 Å². The Morgan fingerprint density at radius 3 is 3.11 bits per heavy atom. The van der Waals surface area contributed by atoms with Gasteiger partial charge in [-0.05, 0) is 36.8 Å². The fourth-order valence-corrected chi connectivity index (χ4v) is 2.55. The van der Waals surface area contributed by atoms with Crippen LogP contribution in [0.5, 0.6) is 0 Å². The molecule has 3 heteroatoms. The van der Waals surface area contributed by atoms with Gasteiger partial charge >= 0.3 is 5.97 Å². The molecule has 0 saturated heterocycles. The molecule has 0 radical (unpaired) electrons. The SMILES string of the molecule is CCCCOC(=O)CNC1CCCc2ccccc21. The molecule has 1 N–H and O–H groups in total. The fraction of sp³-hybridized carbons (Fsp3) is 0.562. The number of fused-ring (bicyclic) bond motifs is 1. The number of carbonyl (C=O) groups excluding carboxylic acids is 1. The van der Waals surface area contributed by atoms with E-state index in [2.05, 4.69) is 36.5 Å². The minimum absolute atomic E-state index is 0.142. The Labute approximate surface area is 115 Å². The van der Waals surface area contributed by atoms with Gasteiger partial charge in [-0.2, -0.15) is 0 Å². The van der Waals surface area contributed by atoms with Crippen LogP contribution in [0.1, 0.15) is 49.8 Å². The Hall–Kier alpha value is -1.35. The number of carbonyl (C=O) groups is 1. The van der Waals surface area contributed by atoms with Crippen LogP contribution in [0.15, 0.2) is 24.3 Å². The lowest BCUT2D eigenvalue weighted by molar-refractivity contribution is -0.142. The van der Waals surface area contributed by atoms with Crippen molar-refractivity contribution in [1.82, 2.24) is 5.32 Å². The quantitative estimate of drug-likeness (QED) is 0.632. The molecule has 0 amide bonds. The van der Waals surface area contributed by atoms with Crippen molar-refractivity contribution in [3.8, 4) is 0 Å². The molecule has 0 bridgehead atoms. The highest BCUT2D eigenvalue weighted by Gasteiger charge is 2.19. The molecular weight excluding hydrogens is 238 g/mol. The minimum atomic E-state index is -0.142. The van der Waals surface area contributed by atoms with Gasteiger partial charge in [0.25, 0.3) is 0 Å². The van der Waals surface area contributed by atoms with Gasteiger partial charge in [0.05, 0.1) is 13.2 Å². The Bertz CT molecular complexity index is 417. The number of ether oxygens (including phenoxy) is 1. The highest BCUT2D eigenvalue weighted by atomic mass is 16.5. The van der Waals surface area contributed by atoms with Crippen molar-refractivity contribution in [2.24, 2.45) is 0 Å². The van der Waals surface area contributed by atoms with Crippen LogP contribution in [0.3, 0.4) is 0 Å². The number of aryl methyl sites for hydroxylation is 1. The molecule has 104 valence electrons.